The summed E-state index contributed by atoms with van der Waals surface area (Å²) >= 11 is 0. The summed E-state index contributed by atoms with van der Waals surface area (Å²) in [6, 6.07) is 0.960. The maximum Gasteiger partial charge on any atom is 0.254 e. The molecule has 0 atom stereocenters. The molecule has 4 nitrogen and oxygen atoms in total. The molecule has 0 N–H and O–H groups in total. The molecule has 0 aliphatic carbocycles. The second-order valence-corrected chi connectivity index (χ2v) is 3.66. The van der Waals surface area contributed by atoms with Crippen LogP contribution in [-0.2, 0) is 9.84 Å². The molecule has 6 heteroatoms. The minimum absolute atomic E-state index is 0.572. The highest BCUT2D eigenvalue weighted by molar-refractivity contribution is 7.94. The monoisotopic (exact) mass is 187 g/mol. The third kappa shape index (κ3) is 1.65. The van der Waals surface area contributed by atoms with Crippen LogP contribution in [0, 0.1) is 5.95 Å². The molecule has 0 aliphatic rings. The lowest BCUT2D eigenvalue weighted by Gasteiger charge is -1.94. The molecule has 0 saturated heterocycles. The van der Waals surface area contributed by atoms with Crippen LogP contribution in [0.25, 0.3) is 0 Å². The van der Waals surface area contributed by atoms with Crippen LogP contribution in [0.15, 0.2) is 29.4 Å². The van der Waals surface area contributed by atoms with Crippen LogP contribution >= 0.6 is 0 Å². The van der Waals surface area contributed by atoms with Crippen molar-refractivity contribution < 1.29 is 12.8 Å². The second kappa shape index (κ2) is 2.98. The molecule has 0 saturated carbocycles. The SMILES string of the molecule is C=CS(=O)(=O)c1nccc([18F])n1. The molecule has 1 rings (SSSR count). The molecule has 0 bridgehead atoms. The minimum atomic E-state index is -3.72. The van der Waals surface area contributed by atoms with Crippen LogP contribution in [0.4, 0.5) is 4.39 Å². The van der Waals surface area contributed by atoms with E-state index in [1.807, 2.05) is 0 Å². The average molecular weight is 187 g/mol. The van der Waals surface area contributed by atoms with Crippen molar-refractivity contribution in [2.75, 3.05) is 0 Å². The van der Waals surface area contributed by atoms with Gasteiger partial charge in [0.25, 0.3) is 5.16 Å². The van der Waals surface area contributed by atoms with E-state index in [-0.39, 0.29) is 0 Å². The zero-order valence-electron chi connectivity index (χ0n) is 5.94. The Morgan fingerprint density at radius 3 is 2.75 bits per heavy atom. The van der Waals surface area contributed by atoms with Gasteiger partial charge in [-0.2, -0.15) is 9.37 Å². The number of sulfone groups is 1. The van der Waals surface area contributed by atoms with Crippen LogP contribution in [-0.4, -0.2) is 18.4 Å². The predicted octanol–water partition coefficient (Wildman–Crippen LogP) is 0.533. The maximum absolute atomic E-state index is 12.4. The first-order chi connectivity index (χ1) is 5.56. The second-order valence-electron chi connectivity index (χ2n) is 1.87. The average Bonchev–Trinajstić information content (AvgIpc) is 2.05. The summed E-state index contributed by atoms with van der Waals surface area (Å²) in [5.74, 6) is -0.884. The first kappa shape index (κ1) is 8.79. The molecule has 1 aromatic heterocycles. The van der Waals surface area contributed by atoms with Gasteiger partial charge in [0.2, 0.25) is 15.8 Å². The third-order valence-corrected chi connectivity index (χ3v) is 2.22. The largest absolute Gasteiger partial charge is 0.254 e. The first-order valence-electron chi connectivity index (χ1n) is 2.92. The molecular weight excluding hydrogens is 182 g/mol. The lowest BCUT2D eigenvalue weighted by atomic mass is 10.7. The highest BCUT2D eigenvalue weighted by Crippen LogP contribution is 2.04. The smallest absolute Gasteiger partial charge is 0.226 e. The highest BCUT2D eigenvalue weighted by atomic mass is 32.2. The van der Waals surface area contributed by atoms with Gasteiger partial charge in [0, 0.05) is 17.7 Å². The van der Waals surface area contributed by atoms with E-state index in [1.165, 1.54) is 0 Å². The van der Waals surface area contributed by atoms with Gasteiger partial charge in [0.05, 0.1) is 0 Å². The van der Waals surface area contributed by atoms with Gasteiger partial charge in [0.1, 0.15) is 0 Å². The van der Waals surface area contributed by atoms with E-state index < -0.39 is 20.9 Å². The molecule has 0 aromatic carbocycles. The van der Waals surface area contributed by atoms with Crippen LogP contribution in [0.3, 0.4) is 0 Å². The number of halogens is 1. The normalized spacial score (nSPS) is 11.1. The summed E-state index contributed by atoms with van der Waals surface area (Å²) in [4.78, 5) is 6.45. The van der Waals surface area contributed by atoms with Crippen molar-refractivity contribution >= 4 is 9.84 Å². The van der Waals surface area contributed by atoms with Crippen molar-refractivity contribution in [1.82, 2.24) is 9.97 Å². The maximum atomic E-state index is 12.4. The van der Waals surface area contributed by atoms with Crippen LogP contribution in [0.2, 0.25) is 0 Å². The Balaban J connectivity index is 3.30. The van der Waals surface area contributed by atoms with Gasteiger partial charge in [-0.05, 0) is 0 Å². The summed E-state index contributed by atoms with van der Waals surface area (Å²) in [7, 11) is -3.72. The molecule has 0 spiro atoms. The number of nitrogens with zero attached hydrogens (tertiary/aromatic N) is 2. The third-order valence-electron chi connectivity index (χ3n) is 1.07. The number of aromatic nitrogens is 2. The Morgan fingerprint density at radius 1 is 1.58 bits per heavy atom. The van der Waals surface area contributed by atoms with Gasteiger partial charge in [-0.3, -0.25) is 0 Å². The van der Waals surface area contributed by atoms with Gasteiger partial charge >= 0.3 is 0 Å². The van der Waals surface area contributed by atoms with Crippen LogP contribution in [0.5, 0.6) is 0 Å². The molecule has 0 radical (unpaired) electrons. The molecule has 0 amide bonds. The zero-order chi connectivity index (χ0) is 9.19. The lowest BCUT2D eigenvalue weighted by Crippen LogP contribution is -2.03. The van der Waals surface area contributed by atoms with E-state index in [9.17, 15) is 12.8 Å². The predicted molar refractivity (Wildman–Crippen MR) is 39.4 cm³/mol. The molecule has 0 fully saturated rings. The summed E-state index contributed by atoms with van der Waals surface area (Å²) < 4.78 is 34.3. The van der Waals surface area contributed by atoms with Crippen molar-refractivity contribution in [3.63, 3.8) is 0 Å². The fourth-order valence-electron chi connectivity index (χ4n) is 0.532. The van der Waals surface area contributed by atoms with Crippen molar-refractivity contribution in [1.29, 1.82) is 0 Å². The Labute approximate surface area is 68.7 Å². The van der Waals surface area contributed by atoms with Gasteiger partial charge in [-0.15, -0.1) is 0 Å². The van der Waals surface area contributed by atoms with E-state index in [1.54, 1.807) is 0 Å². The quantitative estimate of drug-likeness (QED) is 0.500. The standard InChI is InChI=1S/C6H5FN2O2S/c1-2-12(10,11)6-8-4-3-5(7)9-6/h2-4H,1H2/i7-1. The topological polar surface area (TPSA) is 59.9 Å². The van der Waals surface area contributed by atoms with Gasteiger partial charge in [-0.25, -0.2) is 13.4 Å². The van der Waals surface area contributed by atoms with E-state index in [2.05, 4.69) is 16.5 Å². The fraction of sp³-hybridized carbons (Fsp3) is 0. The highest BCUT2D eigenvalue weighted by Gasteiger charge is 2.13. The molecule has 1 aromatic rings. The minimum Gasteiger partial charge on any atom is -0.226 e. The molecule has 12 heavy (non-hydrogen) atoms. The van der Waals surface area contributed by atoms with Crippen molar-refractivity contribution in [2.24, 2.45) is 0 Å². The van der Waals surface area contributed by atoms with Crippen molar-refractivity contribution in [3.05, 3.63) is 30.2 Å². The Kier molecular flexibility index (Phi) is 2.18. The summed E-state index contributed by atoms with van der Waals surface area (Å²) in [5, 5.41) is 0.0967. The summed E-state index contributed by atoms with van der Waals surface area (Å²) in [5.41, 5.74) is 0. The zero-order valence-corrected chi connectivity index (χ0v) is 6.75. The lowest BCUT2D eigenvalue weighted by molar-refractivity contribution is 0.548. The summed E-state index contributed by atoms with van der Waals surface area (Å²) in [6.07, 6.45) is 1.03. The fourth-order valence-corrected chi connectivity index (χ4v) is 1.10. The van der Waals surface area contributed by atoms with E-state index in [0.29, 0.717) is 5.41 Å². The van der Waals surface area contributed by atoms with Crippen molar-refractivity contribution in [2.45, 2.75) is 5.16 Å². The molecule has 0 unspecified atom stereocenters. The molecule has 64 valence electrons. The molecular formula is C6H5FN2O2S. The van der Waals surface area contributed by atoms with Crippen LogP contribution < -0.4 is 0 Å². The Hall–Kier alpha value is -1.30. The first-order valence-corrected chi connectivity index (χ1v) is 4.47. The molecule has 1 heterocycles. The van der Waals surface area contributed by atoms with E-state index in [0.717, 1.165) is 12.3 Å². The Bertz CT molecular complexity index is 402. The van der Waals surface area contributed by atoms with E-state index in [4.69, 9.17) is 0 Å². The van der Waals surface area contributed by atoms with Crippen molar-refractivity contribution in [3.8, 4) is 0 Å². The Morgan fingerprint density at radius 2 is 2.25 bits per heavy atom. The number of rotatable bonds is 2. The number of hydrogen-bond donors (Lipinski definition) is 0. The van der Waals surface area contributed by atoms with Gasteiger partial charge in [-0.1, -0.05) is 6.58 Å². The number of hydrogen-bond acceptors (Lipinski definition) is 4. The van der Waals surface area contributed by atoms with Gasteiger partial charge in [0.15, 0.2) is 0 Å². The summed E-state index contributed by atoms with van der Waals surface area (Å²) in [6.45, 7) is 3.05. The molecule has 0 aliphatic heterocycles. The van der Waals surface area contributed by atoms with E-state index >= 15 is 0 Å². The van der Waals surface area contributed by atoms with Gasteiger partial charge < -0.3 is 0 Å². The van der Waals surface area contributed by atoms with Crippen LogP contribution in [0.1, 0.15) is 0 Å².